The van der Waals surface area contributed by atoms with Crippen molar-refractivity contribution in [2.24, 2.45) is 0 Å². The summed E-state index contributed by atoms with van der Waals surface area (Å²) in [4.78, 5) is 27.4. The fourth-order valence-electron chi connectivity index (χ4n) is 3.57. The van der Waals surface area contributed by atoms with Crippen LogP contribution in [0.15, 0.2) is 48.5 Å². The van der Waals surface area contributed by atoms with Crippen LogP contribution < -0.4 is 10.1 Å². The van der Waals surface area contributed by atoms with Gasteiger partial charge < -0.3 is 15.0 Å². The van der Waals surface area contributed by atoms with Gasteiger partial charge in [-0.1, -0.05) is 48.2 Å². The lowest BCUT2D eigenvalue weighted by Gasteiger charge is -2.29. The molecule has 1 aliphatic rings. The molecule has 2 aromatic carbocycles. The first kappa shape index (κ1) is 22.4. The van der Waals surface area contributed by atoms with E-state index in [2.05, 4.69) is 5.32 Å². The Hall–Kier alpha value is -2.24. The van der Waals surface area contributed by atoms with Crippen LogP contribution in [0.2, 0.25) is 10.0 Å². The summed E-state index contributed by atoms with van der Waals surface area (Å²) in [6, 6.07) is 13.6. The van der Waals surface area contributed by atoms with Crippen LogP contribution in [0.4, 0.5) is 0 Å². The van der Waals surface area contributed by atoms with Crippen LogP contribution in [0.5, 0.6) is 5.75 Å². The third kappa shape index (κ3) is 6.38. The van der Waals surface area contributed by atoms with E-state index in [9.17, 15) is 9.59 Å². The Morgan fingerprint density at radius 1 is 1.10 bits per heavy atom. The number of amides is 2. The summed E-state index contributed by atoms with van der Waals surface area (Å²) in [5.41, 5.74) is 0.850. The number of benzene rings is 2. The van der Waals surface area contributed by atoms with E-state index >= 15 is 0 Å². The van der Waals surface area contributed by atoms with Crippen molar-refractivity contribution < 1.29 is 14.3 Å². The molecule has 0 radical (unpaired) electrons. The molecule has 0 bridgehead atoms. The van der Waals surface area contributed by atoms with E-state index in [0.29, 0.717) is 15.8 Å². The van der Waals surface area contributed by atoms with E-state index in [-0.39, 0.29) is 31.0 Å². The summed E-state index contributed by atoms with van der Waals surface area (Å²) < 4.78 is 5.62. The van der Waals surface area contributed by atoms with E-state index in [1.54, 1.807) is 43.3 Å². The van der Waals surface area contributed by atoms with Crippen LogP contribution in [-0.2, 0) is 16.1 Å². The molecule has 160 valence electrons. The lowest BCUT2D eigenvalue weighted by atomic mass is 10.1. The van der Waals surface area contributed by atoms with E-state index < -0.39 is 6.04 Å². The molecule has 0 aromatic heterocycles. The van der Waals surface area contributed by atoms with Crippen molar-refractivity contribution >= 4 is 35.0 Å². The van der Waals surface area contributed by atoms with Gasteiger partial charge in [0.1, 0.15) is 11.8 Å². The number of hydrogen-bond acceptors (Lipinski definition) is 3. The highest BCUT2D eigenvalue weighted by Gasteiger charge is 2.28. The number of ether oxygens (including phenoxy) is 1. The number of rotatable bonds is 8. The van der Waals surface area contributed by atoms with Crippen LogP contribution in [0.25, 0.3) is 0 Å². The van der Waals surface area contributed by atoms with Gasteiger partial charge in [0.2, 0.25) is 5.91 Å². The lowest BCUT2D eigenvalue weighted by molar-refractivity contribution is -0.142. The Labute approximate surface area is 187 Å². The molecule has 2 aromatic rings. The summed E-state index contributed by atoms with van der Waals surface area (Å²) in [5.74, 6) is 0.112. The summed E-state index contributed by atoms with van der Waals surface area (Å²) >= 11 is 12.0. The third-order valence-electron chi connectivity index (χ3n) is 5.29. The van der Waals surface area contributed by atoms with Crippen molar-refractivity contribution in [1.29, 1.82) is 0 Å². The highest BCUT2D eigenvalue weighted by molar-refractivity contribution is 6.30. The van der Waals surface area contributed by atoms with Gasteiger partial charge in [0, 0.05) is 22.6 Å². The van der Waals surface area contributed by atoms with E-state index in [4.69, 9.17) is 27.9 Å². The zero-order valence-corrected chi connectivity index (χ0v) is 18.5. The molecule has 1 atom stereocenters. The second-order valence-corrected chi connectivity index (χ2v) is 8.43. The van der Waals surface area contributed by atoms with Gasteiger partial charge in [-0.05, 0) is 61.7 Å². The van der Waals surface area contributed by atoms with Gasteiger partial charge >= 0.3 is 0 Å². The van der Waals surface area contributed by atoms with E-state index in [1.165, 1.54) is 4.90 Å². The molecule has 1 saturated carbocycles. The van der Waals surface area contributed by atoms with Crippen molar-refractivity contribution in [3.05, 3.63) is 64.1 Å². The molecule has 0 aliphatic heterocycles. The predicted molar refractivity (Wildman–Crippen MR) is 119 cm³/mol. The van der Waals surface area contributed by atoms with Crippen molar-refractivity contribution in [3.63, 3.8) is 0 Å². The topological polar surface area (TPSA) is 58.6 Å². The van der Waals surface area contributed by atoms with Crippen LogP contribution >= 0.6 is 23.2 Å². The fraction of sp³-hybridized carbons (Fsp3) is 0.391. The number of carbonyl (C=O) groups excluding carboxylic acids is 2. The minimum Gasteiger partial charge on any atom is -0.484 e. The zero-order valence-electron chi connectivity index (χ0n) is 16.9. The van der Waals surface area contributed by atoms with Gasteiger partial charge in [0.15, 0.2) is 6.61 Å². The van der Waals surface area contributed by atoms with Gasteiger partial charge in [-0.2, -0.15) is 0 Å². The average Bonchev–Trinajstić information content (AvgIpc) is 3.24. The Balaban J connectivity index is 1.70. The Bertz CT molecular complexity index is 867. The largest absolute Gasteiger partial charge is 0.484 e. The minimum atomic E-state index is -0.633. The fourth-order valence-corrected chi connectivity index (χ4v) is 3.90. The summed E-state index contributed by atoms with van der Waals surface area (Å²) in [6.45, 7) is 1.83. The van der Waals surface area contributed by atoms with Crippen molar-refractivity contribution in [2.45, 2.75) is 51.2 Å². The molecule has 7 heteroatoms. The molecule has 30 heavy (non-hydrogen) atoms. The van der Waals surface area contributed by atoms with E-state index in [1.807, 2.05) is 12.1 Å². The second-order valence-electron chi connectivity index (χ2n) is 7.56. The molecular weight excluding hydrogens is 423 g/mol. The molecule has 5 nitrogen and oxygen atoms in total. The highest BCUT2D eigenvalue weighted by Crippen LogP contribution is 2.20. The molecule has 1 N–H and O–H groups in total. The molecule has 3 rings (SSSR count). The zero-order chi connectivity index (χ0) is 21.5. The number of carbonyl (C=O) groups is 2. The highest BCUT2D eigenvalue weighted by atomic mass is 35.5. The molecular formula is C23H26Cl2N2O3. The maximum atomic E-state index is 13.0. The third-order valence-corrected chi connectivity index (χ3v) is 5.77. The van der Waals surface area contributed by atoms with E-state index in [0.717, 1.165) is 31.2 Å². The molecule has 0 spiro atoms. The average molecular weight is 449 g/mol. The molecule has 1 fully saturated rings. The van der Waals surface area contributed by atoms with Gasteiger partial charge in [-0.3, -0.25) is 9.59 Å². The van der Waals surface area contributed by atoms with Gasteiger partial charge in [0.05, 0.1) is 0 Å². The maximum Gasteiger partial charge on any atom is 0.261 e. The van der Waals surface area contributed by atoms with Crippen LogP contribution in [-0.4, -0.2) is 35.4 Å². The van der Waals surface area contributed by atoms with Crippen LogP contribution in [0, 0.1) is 0 Å². The Morgan fingerprint density at radius 2 is 1.80 bits per heavy atom. The first-order chi connectivity index (χ1) is 14.4. The maximum absolute atomic E-state index is 13.0. The smallest absolute Gasteiger partial charge is 0.261 e. The van der Waals surface area contributed by atoms with Crippen molar-refractivity contribution in [1.82, 2.24) is 10.2 Å². The normalized spacial score (nSPS) is 14.9. The second kappa shape index (κ2) is 10.7. The van der Waals surface area contributed by atoms with Crippen molar-refractivity contribution in [3.8, 4) is 5.75 Å². The van der Waals surface area contributed by atoms with Crippen LogP contribution in [0.3, 0.4) is 0 Å². The lowest BCUT2D eigenvalue weighted by Crippen LogP contribution is -2.50. The van der Waals surface area contributed by atoms with Gasteiger partial charge in [-0.25, -0.2) is 0 Å². The monoisotopic (exact) mass is 448 g/mol. The Morgan fingerprint density at radius 3 is 2.47 bits per heavy atom. The van der Waals surface area contributed by atoms with Crippen molar-refractivity contribution in [2.75, 3.05) is 6.61 Å². The number of nitrogens with one attached hydrogen (secondary N) is 1. The Kier molecular flexibility index (Phi) is 8.00. The SMILES string of the molecule is CC(C(=O)NC1CCCC1)N(Cc1cccc(Cl)c1)C(=O)COc1ccc(Cl)cc1. The molecule has 2 amide bonds. The number of halogens is 2. The molecule has 1 aliphatic carbocycles. The number of nitrogens with zero attached hydrogens (tertiary/aromatic N) is 1. The van der Waals surface area contributed by atoms with Gasteiger partial charge in [-0.15, -0.1) is 0 Å². The first-order valence-electron chi connectivity index (χ1n) is 10.1. The molecule has 0 saturated heterocycles. The van der Waals surface area contributed by atoms with Gasteiger partial charge in [0.25, 0.3) is 5.91 Å². The molecule has 1 unspecified atom stereocenters. The summed E-state index contributed by atoms with van der Waals surface area (Å²) in [6.07, 6.45) is 4.22. The quantitative estimate of drug-likeness (QED) is 0.627. The number of hydrogen-bond donors (Lipinski definition) is 1. The predicted octanol–water partition coefficient (Wildman–Crippen LogP) is 4.85. The summed E-state index contributed by atoms with van der Waals surface area (Å²) in [7, 11) is 0. The summed E-state index contributed by atoms with van der Waals surface area (Å²) in [5, 5.41) is 4.25. The first-order valence-corrected chi connectivity index (χ1v) is 10.9. The minimum absolute atomic E-state index is 0.149. The van der Waals surface area contributed by atoms with Crippen LogP contribution in [0.1, 0.15) is 38.2 Å². The molecule has 0 heterocycles. The standard InChI is InChI=1S/C23H26Cl2N2O3/c1-16(23(29)26-20-7-2-3-8-20)27(14-17-5-4-6-19(25)13-17)22(28)15-30-21-11-9-18(24)10-12-21/h4-6,9-13,16,20H,2-3,7-8,14-15H2,1H3,(H,26,29).